The molecular formula is C13H10Cl3NO. The first-order valence-electron chi connectivity index (χ1n) is 5.09. The van der Waals surface area contributed by atoms with Crippen LogP contribution in [-0.2, 0) is 6.54 Å². The van der Waals surface area contributed by atoms with Crippen LogP contribution in [-0.4, -0.2) is 5.78 Å². The van der Waals surface area contributed by atoms with Crippen molar-refractivity contribution < 1.29 is 21.8 Å². The number of pyridine rings is 1. The molecule has 0 amide bonds. The van der Waals surface area contributed by atoms with E-state index in [4.69, 9.17) is 23.2 Å². The second kappa shape index (κ2) is 6.74. The molecule has 18 heavy (non-hydrogen) atoms. The molecule has 1 aromatic heterocycles. The number of carbonyl (C=O) groups is 1. The van der Waals surface area contributed by atoms with E-state index in [0.717, 1.165) is 0 Å². The number of ketones is 1. The highest BCUT2D eigenvalue weighted by Crippen LogP contribution is 2.21. The van der Waals surface area contributed by atoms with Gasteiger partial charge in [-0.15, -0.1) is 0 Å². The van der Waals surface area contributed by atoms with Crippen LogP contribution in [0.15, 0.2) is 48.8 Å². The first kappa shape index (κ1) is 15.0. The zero-order valence-electron chi connectivity index (χ0n) is 9.32. The first-order chi connectivity index (χ1) is 8.16. The van der Waals surface area contributed by atoms with Gasteiger partial charge in [0.1, 0.15) is 0 Å². The van der Waals surface area contributed by atoms with Gasteiger partial charge in [-0.05, 0) is 18.2 Å². The predicted octanol–water partition coefficient (Wildman–Crippen LogP) is 0.168. The minimum absolute atomic E-state index is 0. The van der Waals surface area contributed by atoms with Gasteiger partial charge < -0.3 is 12.4 Å². The lowest BCUT2D eigenvalue weighted by molar-refractivity contribution is -0.683. The molecule has 0 spiro atoms. The van der Waals surface area contributed by atoms with Crippen LogP contribution in [0.25, 0.3) is 0 Å². The van der Waals surface area contributed by atoms with Crippen molar-refractivity contribution in [3.05, 3.63) is 64.4 Å². The molecule has 0 aliphatic heterocycles. The van der Waals surface area contributed by atoms with E-state index < -0.39 is 0 Å². The summed E-state index contributed by atoms with van der Waals surface area (Å²) in [6, 6.07) is 10.5. The molecule has 0 fully saturated rings. The molecule has 2 nitrogen and oxygen atoms in total. The van der Waals surface area contributed by atoms with Gasteiger partial charge in [0, 0.05) is 22.7 Å². The van der Waals surface area contributed by atoms with Crippen molar-refractivity contribution in [3.8, 4) is 0 Å². The number of halogens is 3. The molecule has 0 unspecified atom stereocenters. The zero-order chi connectivity index (χ0) is 12.3. The summed E-state index contributed by atoms with van der Waals surface area (Å²) < 4.78 is 1.80. The van der Waals surface area contributed by atoms with E-state index in [1.165, 1.54) is 0 Å². The Morgan fingerprint density at radius 1 is 1.11 bits per heavy atom. The van der Waals surface area contributed by atoms with Crippen LogP contribution in [0.4, 0.5) is 0 Å². The van der Waals surface area contributed by atoms with Gasteiger partial charge in [0.15, 0.2) is 12.4 Å². The smallest absolute Gasteiger partial charge is 0.229 e. The highest BCUT2D eigenvalue weighted by atomic mass is 35.5. The Hall–Kier alpha value is -1.09. The summed E-state index contributed by atoms with van der Waals surface area (Å²) in [5.74, 6) is -0.0390. The first-order valence-corrected chi connectivity index (χ1v) is 5.85. The van der Waals surface area contributed by atoms with Gasteiger partial charge in [0.05, 0.1) is 5.02 Å². The maximum Gasteiger partial charge on any atom is 0.229 e. The SMILES string of the molecule is O=C(C[n+]1ccccc1)c1ccc(Cl)cc1Cl.[Cl-]. The van der Waals surface area contributed by atoms with E-state index in [-0.39, 0.29) is 24.7 Å². The number of nitrogens with zero attached hydrogens (tertiary/aromatic N) is 1. The van der Waals surface area contributed by atoms with Gasteiger partial charge in [-0.2, -0.15) is 4.57 Å². The predicted molar refractivity (Wildman–Crippen MR) is 67.4 cm³/mol. The largest absolute Gasteiger partial charge is 1.00 e. The van der Waals surface area contributed by atoms with E-state index in [1.807, 2.05) is 30.6 Å². The topological polar surface area (TPSA) is 20.9 Å². The molecule has 0 aliphatic rings. The monoisotopic (exact) mass is 301 g/mol. The van der Waals surface area contributed by atoms with E-state index in [9.17, 15) is 4.79 Å². The molecule has 0 aliphatic carbocycles. The maximum absolute atomic E-state index is 12.0. The van der Waals surface area contributed by atoms with Crippen LogP contribution in [0.3, 0.4) is 0 Å². The standard InChI is InChI=1S/C13H10Cl2NO.ClH/c14-10-4-5-11(12(15)8-10)13(17)9-16-6-2-1-3-7-16;/h1-8H,9H2;1H/q+1;/p-1. The summed E-state index contributed by atoms with van der Waals surface area (Å²) >= 11 is 11.8. The fourth-order valence-corrected chi connectivity index (χ4v) is 2.02. The van der Waals surface area contributed by atoms with E-state index >= 15 is 0 Å². The van der Waals surface area contributed by atoms with Gasteiger partial charge in [-0.3, -0.25) is 4.79 Å². The van der Waals surface area contributed by atoms with Crippen LogP contribution < -0.4 is 17.0 Å². The van der Waals surface area contributed by atoms with Crippen molar-refractivity contribution in [1.82, 2.24) is 0 Å². The lowest BCUT2D eigenvalue weighted by atomic mass is 10.1. The quantitative estimate of drug-likeness (QED) is 0.585. The fourth-order valence-electron chi connectivity index (χ4n) is 1.51. The number of carbonyl (C=O) groups excluding carboxylic acids is 1. The second-order valence-electron chi connectivity index (χ2n) is 3.60. The average molecular weight is 303 g/mol. The highest BCUT2D eigenvalue weighted by molar-refractivity contribution is 6.36. The molecule has 94 valence electrons. The summed E-state index contributed by atoms with van der Waals surface area (Å²) in [6.45, 7) is 0.266. The van der Waals surface area contributed by atoms with Crippen molar-refractivity contribution >= 4 is 29.0 Å². The summed E-state index contributed by atoms with van der Waals surface area (Å²) in [5, 5.41) is 0.915. The van der Waals surface area contributed by atoms with Crippen LogP contribution in [0.5, 0.6) is 0 Å². The number of hydrogen-bond donors (Lipinski definition) is 0. The van der Waals surface area contributed by atoms with Crippen LogP contribution in [0, 0.1) is 0 Å². The summed E-state index contributed by atoms with van der Waals surface area (Å²) in [5.41, 5.74) is 0.493. The van der Waals surface area contributed by atoms with Crippen molar-refractivity contribution in [2.75, 3.05) is 0 Å². The van der Waals surface area contributed by atoms with Crippen LogP contribution >= 0.6 is 23.2 Å². The molecule has 0 radical (unpaired) electrons. The Morgan fingerprint density at radius 3 is 2.39 bits per heavy atom. The van der Waals surface area contributed by atoms with E-state index in [2.05, 4.69) is 0 Å². The Kier molecular flexibility index (Phi) is 5.60. The molecule has 2 rings (SSSR count). The molecule has 2 aromatic rings. The van der Waals surface area contributed by atoms with Crippen molar-refractivity contribution in [3.63, 3.8) is 0 Å². The van der Waals surface area contributed by atoms with Gasteiger partial charge in [-0.1, -0.05) is 29.3 Å². The second-order valence-corrected chi connectivity index (χ2v) is 4.44. The van der Waals surface area contributed by atoms with Gasteiger partial charge in [-0.25, -0.2) is 0 Å². The molecule has 0 saturated carbocycles. The molecule has 1 aromatic carbocycles. The third-order valence-corrected chi connectivity index (χ3v) is 2.88. The van der Waals surface area contributed by atoms with Gasteiger partial charge in [0.25, 0.3) is 0 Å². The normalized spacial score (nSPS) is 9.67. The van der Waals surface area contributed by atoms with Crippen molar-refractivity contribution in [2.24, 2.45) is 0 Å². The van der Waals surface area contributed by atoms with Crippen LogP contribution in [0.1, 0.15) is 10.4 Å². The highest BCUT2D eigenvalue weighted by Gasteiger charge is 2.14. The summed E-state index contributed by atoms with van der Waals surface area (Å²) in [7, 11) is 0. The number of rotatable bonds is 3. The zero-order valence-corrected chi connectivity index (χ0v) is 11.6. The number of aromatic nitrogens is 1. The number of Topliss-reactive ketones (excluding diaryl/α,β-unsaturated/α-hetero) is 1. The Bertz CT molecular complexity index is 543. The minimum Gasteiger partial charge on any atom is -1.00 e. The molecule has 1 heterocycles. The molecule has 0 N–H and O–H groups in total. The maximum atomic E-state index is 12.0. The van der Waals surface area contributed by atoms with Gasteiger partial charge >= 0.3 is 0 Å². The molecule has 5 heteroatoms. The fraction of sp³-hybridized carbons (Fsp3) is 0.0769. The minimum atomic E-state index is -0.0390. The lowest BCUT2D eigenvalue weighted by Crippen LogP contribution is -3.00. The van der Waals surface area contributed by atoms with Crippen molar-refractivity contribution in [2.45, 2.75) is 6.54 Å². The summed E-state index contributed by atoms with van der Waals surface area (Å²) in [4.78, 5) is 12.0. The Labute approximate surface area is 122 Å². The van der Waals surface area contributed by atoms with Crippen LogP contribution in [0.2, 0.25) is 10.0 Å². The van der Waals surface area contributed by atoms with Crippen molar-refractivity contribution in [1.29, 1.82) is 0 Å². The molecule has 0 bridgehead atoms. The van der Waals surface area contributed by atoms with E-state index in [0.29, 0.717) is 15.6 Å². The third-order valence-electron chi connectivity index (χ3n) is 2.34. The Morgan fingerprint density at radius 2 is 1.78 bits per heavy atom. The molecule has 0 atom stereocenters. The summed E-state index contributed by atoms with van der Waals surface area (Å²) in [6.07, 6.45) is 3.67. The molecular weight excluding hydrogens is 293 g/mol. The molecule has 0 saturated heterocycles. The average Bonchev–Trinajstić information content (AvgIpc) is 2.30. The third kappa shape index (κ3) is 3.70. The van der Waals surface area contributed by atoms with Gasteiger partial charge in [0.2, 0.25) is 12.3 Å². The number of hydrogen-bond acceptors (Lipinski definition) is 1. The van der Waals surface area contributed by atoms with E-state index in [1.54, 1.807) is 22.8 Å². The Balaban J connectivity index is 0.00000162. The number of benzene rings is 1. The lowest BCUT2D eigenvalue weighted by Gasteiger charge is -2.01.